The third-order valence-corrected chi connectivity index (χ3v) is 5.24. The zero-order valence-electron chi connectivity index (χ0n) is 16.5. The third-order valence-electron chi connectivity index (χ3n) is 4.27. The van der Waals surface area contributed by atoms with Crippen LogP contribution < -0.4 is 9.50 Å². The number of anilines is 1. The summed E-state index contributed by atoms with van der Waals surface area (Å²) in [6.45, 7) is 1.72. The molecule has 0 aliphatic heterocycles. The first-order valence-electron chi connectivity index (χ1n) is 9.14. The molecule has 1 unspecified atom stereocenters. The first-order chi connectivity index (χ1) is 15.1. The number of nitrogens with zero attached hydrogens (tertiary/aromatic N) is 1. The van der Waals surface area contributed by atoms with Crippen molar-refractivity contribution in [3.8, 4) is 16.9 Å². The standard InChI is InChI=1S/C21H17F3N2O5S/c1-14(15-5-3-2-4-6-15)30-20(27)26-19-13-25-12-11-18(19)16-7-9-17(10-8-16)31-32(28,29)21(22,23)24/h2-14H,1H3,(H,26,27). The molecule has 0 bridgehead atoms. The van der Waals surface area contributed by atoms with Crippen molar-refractivity contribution in [2.75, 3.05) is 5.32 Å². The Labute approximate surface area is 181 Å². The second-order valence-electron chi connectivity index (χ2n) is 6.51. The van der Waals surface area contributed by atoms with Gasteiger partial charge in [0.15, 0.2) is 0 Å². The van der Waals surface area contributed by atoms with Crippen LogP contribution in [0.1, 0.15) is 18.6 Å². The number of carbonyl (C=O) groups excluding carboxylic acids is 1. The molecule has 0 saturated heterocycles. The summed E-state index contributed by atoms with van der Waals surface area (Å²) in [5.74, 6) is -0.509. The number of ether oxygens (including phenoxy) is 1. The molecule has 0 saturated carbocycles. The van der Waals surface area contributed by atoms with Gasteiger partial charge in [-0.3, -0.25) is 10.3 Å². The molecule has 0 spiro atoms. The number of nitrogens with one attached hydrogen (secondary N) is 1. The van der Waals surface area contributed by atoms with Crippen molar-refractivity contribution in [3.63, 3.8) is 0 Å². The maximum absolute atomic E-state index is 12.5. The maximum Gasteiger partial charge on any atom is 0.534 e. The molecule has 1 amide bonds. The molecular weight excluding hydrogens is 449 g/mol. The molecular formula is C21H17F3N2O5S. The zero-order chi connectivity index (χ0) is 23.4. The molecule has 0 aliphatic rings. The highest BCUT2D eigenvalue weighted by atomic mass is 32.2. The highest BCUT2D eigenvalue weighted by Gasteiger charge is 2.48. The number of pyridine rings is 1. The average Bonchev–Trinajstić information content (AvgIpc) is 2.74. The van der Waals surface area contributed by atoms with E-state index >= 15 is 0 Å². The fourth-order valence-electron chi connectivity index (χ4n) is 2.70. The van der Waals surface area contributed by atoms with Crippen LogP contribution in [0.2, 0.25) is 0 Å². The van der Waals surface area contributed by atoms with Crippen molar-refractivity contribution in [3.05, 3.63) is 78.6 Å². The molecule has 32 heavy (non-hydrogen) atoms. The smallest absolute Gasteiger partial charge is 0.441 e. The lowest BCUT2D eigenvalue weighted by atomic mass is 10.1. The van der Waals surface area contributed by atoms with E-state index in [9.17, 15) is 26.4 Å². The number of benzene rings is 2. The van der Waals surface area contributed by atoms with E-state index in [1.54, 1.807) is 13.0 Å². The van der Waals surface area contributed by atoms with Crippen molar-refractivity contribution in [1.29, 1.82) is 0 Å². The molecule has 7 nitrogen and oxygen atoms in total. The molecule has 1 heterocycles. The van der Waals surface area contributed by atoms with Crippen LogP contribution in [-0.2, 0) is 14.9 Å². The van der Waals surface area contributed by atoms with Gasteiger partial charge in [0.1, 0.15) is 11.9 Å². The van der Waals surface area contributed by atoms with Gasteiger partial charge in [-0.1, -0.05) is 42.5 Å². The number of alkyl halides is 3. The number of halogens is 3. The fraction of sp³-hybridized carbons (Fsp3) is 0.143. The summed E-state index contributed by atoms with van der Waals surface area (Å²) in [6.07, 6.45) is 1.59. The Kier molecular flexibility index (Phi) is 6.68. The van der Waals surface area contributed by atoms with Crippen LogP contribution in [0.15, 0.2) is 73.1 Å². The van der Waals surface area contributed by atoms with Gasteiger partial charge in [0.05, 0.1) is 11.9 Å². The van der Waals surface area contributed by atoms with E-state index in [0.29, 0.717) is 11.1 Å². The Balaban J connectivity index is 1.74. The van der Waals surface area contributed by atoms with E-state index in [1.165, 1.54) is 24.5 Å². The van der Waals surface area contributed by atoms with Crippen LogP contribution >= 0.6 is 0 Å². The van der Waals surface area contributed by atoms with E-state index in [4.69, 9.17) is 4.74 Å². The largest absolute Gasteiger partial charge is 0.534 e. The Morgan fingerprint density at radius 3 is 2.31 bits per heavy atom. The lowest BCUT2D eigenvalue weighted by molar-refractivity contribution is -0.0500. The van der Waals surface area contributed by atoms with Gasteiger partial charge in [-0.2, -0.15) is 21.6 Å². The summed E-state index contributed by atoms with van der Waals surface area (Å²) in [6, 6.07) is 15.5. The summed E-state index contributed by atoms with van der Waals surface area (Å²) >= 11 is 0. The van der Waals surface area contributed by atoms with E-state index in [1.807, 2.05) is 30.3 Å². The summed E-state index contributed by atoms with van der Waals surface area (Å²) < 4.78 is 69.1. The quantitative estimate of drug-likeness (QED) is 0.392. The predicted molar refractivity (Wildman–Crippen MR) is 110 cm³/mol. The van der Waals surface area contributed by atoms with Gasteiger partial charge in [0.2, 0.25) is 0 Å². The van der Waals surface area contributed by atoms with Gasteiger partial charge in [0, 0.05) is 11.8 Å². The maximum atomic E-state index is 12.5. The summed E-state index contributed by atoms with van der Waals surface area (Å²) in [5.41, 5.74) is -3.50. The monoisotopic (exact) mass is 466 g/mol. The van der Waals surface area contributed by atoms with Crippen molar-refractivity contribution in [2.24, 2.45) is 0 Å². The number of hydrogen-bond acceptors (Lipinski definition) is 6. The van der Waals surface area contributed by atoms with Crippen molar-refractivity contribution >= 4 is 21.9 Å². The highest BCUT2D eigenvalue weighted by Crippen LogP contribution is 2.31. The average molecular weight is 466 g/mol. The highest BCUT2D eigenvalue weighted by molar-refractivity contribution is 7.88. The minimum atomic E-state index is -5.77. The van der Waals surface area contributed by atoms with Crippen LogP contribution in [0.5, 0.6) is 5.75 Å². The van der Waals surface area contributed by atoms with Gasteiger partial charge < -0.3 is 8.92 Å². The van der Waals surface area contributed by atoms with E-state index in [2.05, 4.69) is 14.5 Å². The van der Waals surface area contributed by atoms with Crippen LogP contribution in [0.3, 0.4) is 0 Å². The van der Waals surface area contributed by atoms with Crippen molar-refractivity contribution in [1.82, 2.24) is 4.98 Å². The second-order valence-corrected chi connectivity index (χ2v) is 8.05. The number of carbonyl (C=O) groups is 1. The van der Waals surface area contributed by atoms with Crippen LogP contribution in [0, 0.1) is 0 Å². The van der Waals surface area contributed by atoms with Gasteiger partial charge in [-0.15, -0.1) is 0 Å². The predicted octanol–water partition coefficient (Wildman–Crippen LogP) is 5.29. The zero-order valence-corrected chi connectivity index (χ0v) is 17.4. The van der Waals surface area contributed by atoms with E-state index in [0.717, 1.165) is 17.7 Å². The normalized spacial score (nSPS) is 12.6. The first kappa shape index (κ1) is 23.1. The molecule has 0 radical (unpaired) electrons. The number of amides is 1. The summed E-state index contributed by atoms with van der Waals surface area (Å²) in [7, 11) is -5.77. The van der Waals surface area contributed by atoms with E-state index in [-0.39, 0.29) is 5.69 Å². The molecule has 3 rings (SSSR count). The molecule has 3 aromatic rings. The third kappa shape index (κ3) is 5.55. The molecule has 1 atom stereocenters. The Morgan fingerprint density at radius 1 is 1.03 bits per heavy atom. The first-order valence-corrected chi connectivity index (χ1v) is 10.6. The fourth-order valence-corrected chi connectivity index (χ4v) is 3.16. The Morgan fingerprint density at radius 2 is 1.69 bits per heavy atom. The van der Waals surface area contributed by atoms with Crippen molar-refractivity contribution in [2.45, 2.75) is 18.5 Å². The molecule has 11 heteroatoms. The Bertz CT molecular complexity index is 1180. The molecule has 0 aliphatic carbocycles. The summed E-state index contributed by atoms with van der Waals surface area (Å²) in [4.78, 5) is 16.3. The van der Waals surface area contributed by atoms with Crippen molar-refractivity contribution < 1.29 is 35.3 Å². The molecule has 1 aromatic heterocycles. The Hall–Kier alpha value is -3.60. The minimum Gasteiger partial charge on any atom is -0.441 e. The number of aromatic nitrogens is 1. The van der Waals surface area contributed by atoms with E-state index < -0.39 is 33.6 Å². The molecule has 2 aromatic carbocycles. The lowest BCUT2D eigenvalue weighted by Gasteiger charge is -2.16. The van der Waals surface area contributed by atoms with Gasteiger partial charge in [-0.25, -0.2) is 4.79 Å². The molecule has 1 N–H and O–H groups in total. The van der Waals surface area contributed by atoms with Crippen LogP contribution in [-0.4, -0.2) is 25.0 Å². The van der Waals surface area contributed by atoms with Crippen LogP contribution in [0.4, 0.5) is 23.7 Å². The molecule has 168 valence electrons. The summed E-state index contributed by atoms with van der Waals surface area (Å²) in [5, 5.41) is 2.58. The van der Waals surface area contributed by atoms with Crippen LogP contribution in [0.25, 0.3) is 11.1 Å². The topological polar surface area (TPSA) is 94.6 Å². The van der Waals surface area contributed by atoms with Gasteiger partial charge in [-0.05, 0) is 36.2 Å². The number of rotatable bonds is 6. The van der Waals surface area contributed by atoms with Gasteiger partial charge in [0.25, 0.3) is 0 Å². The minimum absolute atomic E-state index is 0.286. The lowest BCUT2D eigenvalue weighted by Crippen LogP contribution is -2.28. The SMILES string of the molecule is CC(OC(=O)Nc1cnccc1-c1ccc(OS(=O)(=O)C(F)(F)F)cc1)c1ccccc1. The van der Waals surface area contributed by atoms with Gasteiger partial charge >= 0.3 is 21.7 Å². The number of hydrogen-bond donors (Lipinski definition) is 1. The second kappa shape index (κ2) is 9.27. The molecule has 0 fully saturated rings.